The zero-order valence-electron chi connectivity index (χ0n) is 15.7. The standard InChI is InChI=1S/C19H25N5O2S/c1-4-18(23-19(20-2)24-13-11-21-12-14-24)16-7-5-8-17(27(3,25)26)9-6-10-22-15-16/h4-10,15,21H,1,11-14H2,2-3H3. The van der Waals surface area contributed by atoms with E-state index < -0.39 is 9.84 Å². The van der Waals surface area contributed by atoms with Crippen molar-refractivity contribution in [3.8, 4) is 0 Å². The summed E-state index contributed by atoms with van der Waals surface area (Å²) in [7, 11) is -1.60. The summed E-state index contributed by atoms with van der Waals surface area (Å²) in [5, 5.41) is 3.30. The summed E-state index contributed by atoms with van der Waals surface area (Å²) in [5.74, 6) is 0.633. The summed E-state index contributed by atoms with van der Waals surface area (Å²) in [6.45, 7) is 7.29. The van der Waals surface area contributed by atoms with E-state index in [2.05, 4.69) is 31.8 Å². The largest absolute Gasteiger partial charge is 0.339 e. The summed E-state index contributed by atoms with van der Waals surface area (Å²) >= 11 is 0. The fraction of sp³-hybridized carbons (Fsp3) is 0.316. The van der Waals surface area contributed by atoms with Gasteiger partial charge < -0.3 is 10.2 Å². The van der Waals surface area contributed by atoms with Gasteiger partial charge in [0.1, 0.15) is 0 Å². The van der Waals surface area contributed by atoms with Gasteiger partial charge in [-0.05, 0) is 24.3 Å². The van der Waals surface area contributed by atoms with Gasteiger partial charge in [-0.15, -0.1) is 0 Å². The van der Waals surface area contributed by atoms with Crippen LogP contribution in [0.2, 0.25) is 0 Å². The molecule has 0 saturated carbocycles. The molecule has 1 aromatic rings. The van der Waals surface area contributed by atoms with Crippen molar-refractivity contribution in [1.82, 2.24) is 15.2 Å². The molecule has 1 fully saturated rings. The molecule has 0 bridgehead atoms. The summed E-state index contributed by atoms with van der Waals surface area (Å²) in [4.78, 5) is 15.5. The highest BCUT2D eigenvalue weighted by molar-refractivity contribution is 7.90. The monoisotopic (exact) mass is 387 g/mol. The van der Waals surface area contributed by atoms with Gasteiger partial charge >= 0.3 is 0 Å². The third kappa shape index (κ3) is 6.26. The van der Waals surface area contributed by atoms with E-state index in [-0.39, 0.29) is 4.90 Å². The Kier molecular flexibility index (Phi) is 7.63. The van der Waals surface area contributed by atoms with E-state index in [9.17, 15) is 8.42 Å². The van der Waals surface area contributed by atoms with Crippen molar-refractivity contribution in [2.24, 2.45) is 9.98 Å². The molecule has 0 atom stereocenters. The Labute approximate surface area is 160 Å². The zero-order valence-corrected chi connectivity index (χ0v) is 16.5. The van der Waals surface area contributed by atoms with Crippen LogP contribution in [0.5, 0.6) is 0 Å². The first-order valence-corrected chi connectivity index (χ1v) is 10.5. The van der Waals surface area contributed by atoms with Gasteiger partial charge in [0, 0.05) is 57.4 Å². The Morgan fingerprint density at radius 2 is 1.96 bits per heavy atom. The molecule has 8 heteroatoms. The summed E-state index contributed by atoms with van der Waals surface area (Å²) in [5.41, 5.74) is 1.32. The van der Waals surface area contributed by atoms with E-state index in [1.54, 1.807) is 43.6 Å². The van der Waals surface area contributed by atoms with Crippen LogP contribution in [0.4, 0.5) is 0 Å². The van der Waals surface area contributed by atoms with Crippen molar-refractivity contribution in [3.05, 3.63) is 60.9 Å². The molecule has 0 aliphatic carbocycles. The predicted molar refractivity (Wildman–Crippen MR) is 110 cm³/mol. The predicted octanol–water partition coefficient (Wildman–Crippen LogP) is 1.48. The van der Waals surface area contributed by atoms with Crippen LogP contribution >= 0.6 is 0 Å². The van der Waals surface area contributed by atoms with Crippen LogP contribution in [0, 0.1) is 0 Å². The Balaban J connectivity index is 2.46. The lowest BCUT2D eigenvalue weighted by molar-refractivity contribution is 0.354. The third-order valence-electron chi connectivity index (χ3n) is 3.92. The Bertz CT molecular complexity index is 886. The number of nitrogens with one attached hydrogen (secondary N) is 1. The number of sulfone groups is 1. The molecule has 2 rings (SSSR count). The van der Waals surface area contributed by atoms with Crippen molar-refractivity contribution in [2.45, 2.75) is 4.90 Å². The highest BCUT2D eigenvalue weighted by atomic mass is 32.2. The van der Waals surface area contributed by atoms with Crippen molar-refractivity contribution in [3.63, 3.8) is 0 Å². The molecule has 0 unspecified atom stereocenters. The SMILES string of the molecule is C=CC(=NC(=NC)N1CCNCC1)c1cccc(S(C)(=O)=O)cccnc1. The number of hydrogen-bond donors (Lipinski definition) is 1. The lowest BCUT2D eigenvalue weighted by Crippen LogP contribution is -2.46. The molecule has 7 nitrogen and oxygen atoms in total. The minimum absolute atomic E-state index is 0.208. The van der Waals surface area contributed by atoms with Gasteiger partial charge in [0.05, 0.1) is 10.6 Å². The Morgan fingerprint density at radius 1 is 1.26 bits per heavy atom. The highest BCUT2D eigenvalue weighted by Crippen LogP contribution is 2.07. The van der Waals surface area contributed by atoms with Crippen LogP contribution in [0.1, 0.15) is 5.56 Å². The van der Waals surface area contributed by atoms with Crippen LogP contribution < -0.4 is 5.32 Å². The Morgan fingerprint density at radius 3 is 2.59 bits per heavy atom. The molecule has 0 aromatic carbocycles. The van der Waals surface area contributed by atoms with Crippen LogP contribution in [0.3, 0.4) is 0 Å². The molecule has 0 radical (unpaired) electrons. The van der Waals surface area contributed by atoms with Gasteiger partial charge in [-0.2, -0.15) is 0 Å². The maximum Gasteiger partial charge on any atom is 0.221 e. The molecule has 1 aliphatic heterocycles. The first-order valence-electron chi connectivity index (χ1n) is 8.58. The van der Waals surface area contributed by atoms with E-state index in [1.165, 1.54) is 18.5 Å². The highest BCUT2D eigenvalue weighted by Gasteiger charge is 2.14. The molecule has 1 N–H and O–H groups in total. The van der Waals surface area contributed by atoms with Crippen LogP contribution in [-0.4, -0.2) is 69.5 Å². The average molecular weight is 388 g/mol. The quantitative estimate of drug-likeness (QED) is 0.627. The zero-order chi connectivity index (χ0) is 19.7. The smallest absolute Gasteiger partial charge is 0.221 e. The second-order valence-corrected chi connectivity index (χ2v) is 7.92. The lowest BCUT2D eigenvalue weighted by Gasteiger charge is -2.28. The minimum atomic E-state index is -3.31. The molecule has 0 spiro atoms. The molecule has 1 aromatic heterocycles. The summed E-state index contributed by atoms with van der Waals surface area (Å²) in [6.07, 6.45) is 6.00. The van der Waals surface area contributed by atoms with Gasteiger partial charge in [0.25, 0.3) is 0 Å². The maximum absolute atomic E-state index is 11.8. The van der Waals surface area contributed by atoms with Crippen molar-refractivity contribution in [1.29, 1.82) is 0 Å². The number of hydrogen-bond acceptors (Lipinski definition) is 5. The maximum atomic E-state index is 11.8. The van der Waals surface area contributed by atoms with Crippen molar-refractivity contribution < 1.29 is 8.42 Å². The number of allylic oxidation sites excluding steroid dienone is 1. The van der Waals surface area contributed by atoms with E-state index in [0.717, 1.165) is 26.2 Å². The molecule has 1 saturated heterocycles. The molecule has 1 aliphatic rings. The second-order valence-electron chi connectivity index (χ2n) is 5.90. The first-order chi connectivity index (χ1) is 13.0. The molecule has 144 valence electrons. The Hall–Kier alpha value is -2.58. The van der Waals surface area contributed by atoms with E-state index in [4.69, 9.17) is 0 Å². The first kappa shape index (κ1) is 20.7. The minimum Gasteiger partial charge on any atom is -0.339 e. The van der Waals surface area contributed by atoms with Crippen LogP contribution in [0.25, 0.3) is 0 Å². The fourth-order valence-electron chi connectivity index (χ4n) is 2.52. The van der Waals surface area contributed by atoms with Gasteiger partial charge in [0.2, 0.25) is 5.96 Å². The summed E-state index contributed by atoms with van der Waals surface area (Å²) < 4.78 is 23.6. The normalized spacial score (nSPS) is 15.9. The lowest BCUT2D eigenvalue weighted by atomic mass is 10.2. The number of piperazine rings is 1. The fourth-order valence-corrected chi connectivity index (χ4v) is 3.17. The molecular formula is C19H25N5O2S. The van der Waals surface area contributed by atoms with Crippen molar-refractivity contribution >= 4 is 21.5 Å². The number of guanidine groups is 1. The molecule has 27 heavy (non-hydrogen) atoms. The van der Waals surface area contributed by atoms with Crippen molar-refractivity contribution in [2.75, 3.05) is 39.5 Å². The van der Waals surface area contributed by atoms with E-state index in [0.29, 0.717) is 17.2 Å². The summed E-state index contributed by atoms with van der Waals surface area (Å²) in [6, 6.07) is 8.07. The topological polar surface area (TPSA) is 87.0 Å². The third-order valence-corrected chi connectivity index (χ3v) is 5.05. The van der Waals surface area contributed by atoms with Crippen LogP contribution in [0.15, 0.2) is 70.3 Å². The molecule has 0 amide bonds. The van der Waals surface area contributed by atoms with E-state index >= 15 is 0 Å². The molecule has 2 heterocycles. The average Bonchev–Trinajstić information content (AvgIpc) is 2.66. The van der Waals surface area contributed by atoms with Gasteiger partial charge in [-0.25, -0.2) is 13.4 Å². The van der Waals surface area contributed by atoms with Gasteiger partial charge in [-0.1, -0.05) is 18.7 Å². The van der Waals surface area contributed by atoms with Gasteiger partial charge in [0.15, 0.2) is 9.84 Å². The van der Waals surface area contributed by atoms with E-state index in [1.807, 2.05) is 0 Å². The van der Waals surface area contributed by atoms with Crippen LogP contribution in [-0.2, 0) is 9.84 Å². The molecular weight excluding hydrogens is 362 g/mol. The number of aliphatic imine (C=N–C) groups is 2. The number of nitrogens with zero attached hydrogens (tertiary/aromatic N) is 4. The second kappa shape index (κ2) is 9.94. The number of aromatic nitrogens is 1. The number of rotatable bonds is 3. The van der Waals surface area contributed by atoms with Gasteiger partial charge in [-0.3, -0.25) is 9.98 Å².